The molecule has 148 valence electrons. The Bertz CT molecular complexity index is 690. The van der Waals surface area contributed by atoms with E-state index in [2.05, 4.69) is 10.1 Å². The first-order valence-electron chi connectivity index (χ1n) is 9.09. The van der Waals surface area contributed by atoms with Gasteiger partial charge in [-0.25, -0.2) is 0 Å². The molecule has 0 aliphatic heterocycles. The third kappa shape index (κ3) is 5.37. The van der Waals surface area contributed by atoms with E-state index in [1.54, 1.807) is 7.05 Å². The highest BCUT2D eigenvalue weighted by Gasteiger charge is 2.40. The third-order valence-corrected chi connectivity index (χ3v) is 5.50. The van der Waals surface area contributed by atoms with Crippen LogP contribution < -0.4 is 10.1 Å². The van der Waals surface area contributed by atoms with Gasteiger partial charge in [-0.05, 0) is 61.3 Å². The molecule has 0 heterocycles. The number of likely N-dealkylation sites (N-methyl/N-ethyl adjacent to an activating group) is 1. The fraction of sp³-hybridized carbons (Fsp3) is 0.579. The summed E-state index contributed by atoms with van der Waals surface area (Å²) in [6.07, 6.45) is 0.557. The molecule has 1 aromatic carbocycles. The zero-order chi connectivity index (χ0) is 19.6. The summed E-state index contributed by atoms with van der Waals surface area (Å²) in [5, 5.41) is 2.57. The summed E-state index contributed by atoms with van der Waals surface area (Å²) in [7, 11) is 1.59. The zero-order valence-electron chi connectivity index (χ0n) is 15.1. The molecular weight excluding hydrogens is 361 g/mol. The van der Waals surface area contributed by atoms with Gasteiger partial charge in [-0.2, -0.15) is 0 Å². The number of hydrogen-bond donors (Lipinski definition) is 1. The first kappa shape index (κ1) is 19.5. The minimum absolute atomic E-state index is 0.0448. The van der Waals surface area contributed by atoms with Gasteiger partial charge in [0.2, 0.25) is 11.8 Å². The SMILES string of the molecule is CN(CC(=O)Nc1ccc(OC(F)(F)F)cc1)C(=O)CC1CC2CCC1C2. The molecule has 5 nitrogen and oxygen atoms in total. The Morgan fingerprint density at radius 2 is 1.89 bits per heavy atom. The normalized spacial score (nSPS) is 23.9. The van der Waals surface area contributed by atoms with Crippen LogP contribution in [0.5, 0.6) is 5.75 Å². The molecule has 2 aliphatic carbocycles. The minimum atomic E-state index is -4.76. The van der Waals surface area contributed by atoms with Crippen molar-refractivity contribution < 1.29 is 27.5 Å². The molecule has 0 saturated heterocycles. The molecule has 3 atom stereocenters. The number of halogens is 3. The second-order valence-electron chi connectivity index (χ2n) is 7.51. The lowest BCUT2D eigenvalue weighted by molar-refractivity contribution is -0.274. The van der Waals surface area contributed by atoms with Gasteiger partial charge in [0.25, 0.3) is 0 Å². The second-order valence-corrected chi connectivity index (χ2v) is 7.51. The van der Waals surface area contributed by atoms with Crippen LogP contribution in [0.1, 0.15) is 32.1 Å². The van der Waals surface area contributed by atoms with Gasteiger partial charge in [-0.15, -0.1) is 13.2 Å². The van der Waals surface area contributed by atoms with E-state index < -0.39 is 12.3 Å². The number of nitrogens with zero attached hydrogens (tertiary/aromatic N) is 1. The van der Waals surface area contributed by atoms with Crippen molar-refractivity contribution in [2.24, 2.45) is 17.8 Å². The van der Waals surface area contributed by atoms with Crippen molar-refractivity contribution in [1.82, 2.24) is 4.90 Å². The van der Waals surface area contributed by atoms with Gasteiger partial charge >= 0.3 is 6.36 Å². The number of carbonyl (C=O) groups excluding carboxylic acids is 2. The molecule has 0 radical (unpaired) electrons. The molecule has 27 heavy (non-hydrogen) atoms. The van der Waals surface area contributed by atoms with E-state index in [1.807, 2.05) is 0 Å². The van der Waals surface area contributed by atoms with Crippen LogP contribution in [-0.2, 0) is 9.59 Å². The van der Waals surface area contributed by atoms with Crippen LogP contribution in [0, 0.1) is 17.8 Å². The fourth-order valence-electron chi connectivity index (χ4n) is 4.25. The monoisotopic (exact) mass is 384 g/mol. The molecule has 3 rings (SSSR count). The van der Waals surface area contributed by atoms with Crippen molar-refractivity contribution in [1.29, 1.82) is 0 Å². The van der Waals surface area contributed by atoms with Gasteiger partial charge in [-0.3, -0.25) is 9.59 Å². The lowest BCUT2D eigenvalue weighted by atomic mass is 9.86. The Kier molecular flexibility index (Phi) is 5.62. The fourth-order valence-corrected chi connectivity index (χ4v) is 4.25. The topological polar surface area (TPSA) is 58.6 Å². The van der Waals surface area contributed by atoms with Crippen LogP contribution in [0.2, 0.25) is 0 Å². The van der Waals surface area contributed by atoms with Crippen molar-refractivity contribution in [2.45, 2.75) is 38.5 Å². The van der Waals surface area contributed by atoms with Crippen molar-refractivity contribution in [3.05, 3.63) is 24.3 Å². The number of hydrogen-bond acceptors (Lipinski definition) is 3. The van der Waals surface area contributed by atoms with Crippen molar-refractivity contribution in [3.8, 4) is 5.75 Å². The van der Waals surface area contributed by atoms with Gasteiger partial charge in [0.05, 0.1) is 6.54 Å². The van der Waals surface area contributed by atoms with Gasteiger partial charge in [0.15, 0.2) is 0 Å². The smallest absolute Gasteiger partial charge is 0.406 e. The number of benzene rings is 1. The average molecular weight is 384 g/mol. The Balaban J connectivity index is 1.44. The first-order chi connectivity index (χ1) is 12.7. The van der Waals surface area contributed by atoms with E-state index >= 15 is 0 Å². The maximum Gasteiger partial charge on any atom is 0.573 e. The standard InChI is InChI=1S/C19H23F3N2O3/c1-24(18(26)10-14-9-12-2-3-13(14)8-12)11-17(25)23-15-4-6-16(7-5-15)27-19(20,21)22/h4-7,12-14H,2-3,8-11H2,1H3,(H,23,25). The van der Waals surface area contributed by atoms with E-state index in [-0.39, 0.29) is 18.2 Å². The van der Waals surface area contributed by atoms with E-state index in [1.165, 1.54) is 36.3 Å². The minimum Gasteiger partial charge on any atom is -0.406 e. The number of ether oxygens (including phenoxy) is 1. The number of carbonyl (C=O) groups is 2. The van der Waals surface area contributed by atoms with Gasteiger partial charge < -0.3 is 15.0 Å². The maximum atomic E-state index is 12.4. The summed E-state index contributed by atoms with van der Waals surface area (Å²) in [6.45, 7) is -0.0968. The van der Waals surface area contributed by atoms with Crippen LogP contribution in [0.4, 0.5) is 18.9 Å². The molecule has 2 aliphatic rings. The molecule has 3 unspecified atom stereocenters. The Morgan fingerprint density at radius 1 is 1.19 bits per heavy atom. The highest BCUT2D eigenvalue weighted by atomic mass is 19.4. The summed E-state index contributed by atoms with van der Waals surface area (Å²) in [4.78, 5) is 25.9. The van der Waals surface area contributed by atoms with Crippen LogP contribution in [0.25, 0.3) is 0 Å². The summed E-state index contributed by atoms with van der Waals surface area (Å²) in [5.74, 6) is 1.05. The number of rotatable bonds is 6. The largest absolute Gasteiger partial charge is 0.573 e. The highest BCUT2D eigenvalue weighted by molar-refractivity contribution is 5.94. The van der Waals surface area contributed by atoms with Crippen LogP contribution >= 0.6 is 0 Å². The number of fused-ring (bicyclic) bond motifs is 2. The van der Waals surface area contributed by atoms with Gasteiger partial charge in [0, 0.05) is 19.2 Å². The van der Waals surface area contributed by atoms with Crippen molar-refractivity contribution >= 4 is 17.5 Å². The molecule has 0 spiro atoms. The lowest BCUT2D eigenvalue weighted by Gasteiger charge is -2.24. The number of alkyl halides is 3. The third-order valence-electron chi connectivity index (χ3n) is 5.50. The number of amides is 2. The molecule has 2 fully saturated rings. The molecule has 2 amide bonds. The lowest BCUT2D eigenvalue weighted by Crippen LogP contribution is -2.36. The van der Waals surface area contributed by atoms with Gasteiger partial charge in [0.1, 0.15) is 5.75 Å². The Hall–Kier alpha value is -2.25. The molecule has 2 bridgehead atoms. The highest BCUT2D eigenvalue weighted by Crippen LogP contribution is 2.49. The molecule has 2 saturated carbocycles. The predicted octanol–water partition coefficient (Wildman–Crippen LogP) is 3.81. The Labute approximate surface area is 155 Å². The van der Waals surface area contributed by atoms with Crippen LogP contribution in [-0.4, -0.2) is 36.7 Å². The summed E-state index contributed by atoms with van der Waals surface area (Å²) in [6, 6.07) is 4.87. The molecule has 0 aromatic heterocycles. The summed E-state index contributed by atoms with van der Waals surface area (Å²) < 4.78 is 40.2. The van der Waals surface area contributed by atoms with Crippen molar-refractivity contribution in [3.63, 3.8) is 0 Å². The van der Waals surface area contributed by atoms with Crippen molar-refractivity contribution in [2.75, 3.05) is 18.9 Å². The summed E-state index contributed by atoms with van der Waals surface area (Å²) in [5.41, 5.74) is 0.337. The molecule has 1 aromatic rings. The number of anilines is 1. The Morgan fingerprint density at radius 3 is 2.44 bits per heavy atom. The van der Waals surface area contributed by atoms with Crippen LogP contribution in [0.15, 0.2) is 24.3 Å². The molecule has 8 heteroatoms. The maximum absolute atomic E-state index is 12.4. The quantitative estimate of drug-likeness (QED) is 0.812. The van der Waals surface area contributed by atoms with E-state index in [0.29, 0.717) is 23.9 Å². The number of nitrogens with one attached hydrogen (secondary N) is 1. The first-order valence-corrected chi connectivity index (χ1v) is 9.09. The zero-order valence-corrected chi connectivity index (χ0v) is 15.1. The molecule has 1 N–H and O–H groups in total. The van der Waals surface area contributed by atoms with E-state index in [9.17, 15) is 22.8 Å². The molecular formula is C19H23F3N2O3. The van der Waals surface area contributed by atoms with Gasteiger partial charge in [-0.1, -0.05) is 6.42 Å². The van der Waals surface area contributed by atoms with E-state index in [4.69, 9.17) is 0 Å². The average Bonchev–Trinajstić information content (AvgIpc) is 3.18. The second kappa shape index (κ2) is 7.78. The van der Waals surface area contributed by atoms with Crippen LogP contribution in [0.3, 0.4) is 0 Å². The summed E-state index contributed by atoms with van der Waals surface area (Å²) >= 11 is 0. The van der Waals surface area contributed by atoms with E-state index in [0.717, 1.165) is 24.5 Å². The predicted molar refractivity (Wildman–Crippen MR) is 92.9 cm³/mol.